The van der Waals surface area contributed by atoms with E-state index < -0.39 is 13.9 Å². The minimum atomic E-state index is -2.29. The number of aliphatic hydroxyl groups is 1. The first-order valence-corrected chi connectivity index (χ1v) is 20.8. The molecule has 2 rings (SSSR count). The number of halogens is 1. The van der Waals surface area contributed by atoms with Gasteiger partial charge in [0.05, 0.1) is 40.0 Å². The maximum Gasteiger partial charge on any atom is 0.305 e. The summed E-state index contributed by atoms with van der Waals surface area (Å²) in [5, 5.41) is 11.0. The summed E-state index contributed by atoms with van der Waals surface area (Å²) >= 11 is 0. The number of ether oxygens (including phenoxy) is 1. The number of hydrogen-bond donors (Lipinski definition) is 1. The molecule has 1 aliphatic rings. The van der Waals surface area contributed by atoms with E-state index in [1.165, 1.54) is 18.2 Å². The number of rotatable bonds is 22. The summed E-state index contributed by atoms with van der Waals surface area (Å²) in [6.45, 7) is 14.4. The number of nitrogens with zero attached hydrogens (tertiary/aromatic N) is 1. The van der Waals surface area contributed by atoms with Crippen molar-refractivity contribution < 1.29 is 40.7 Å². The lowest BCUT2D eigenvalue weighted by Gasteiger charge is -2.42. The molecule has 0 radical (unpaired) electrons. The lowest BCUT2D eigenvalue weighted by atomic mass is 9.87. The van der Waals surface area contributed by atoms with Gasteiger partial charge >= 0.3 is 5.97 Å². The molecular formula is C40H70ClNO5Si. The van der Waals surface area contributed by atoms with E-state index >= 15 is 0 Å². The number of Topliss-reactive ketones (excluding diaryl/α,β-unsaturated/α-hetero) is 1. The van der Waals surface area contributed by atoms with E-state index in [1.807, 2.05) is 6.92 Å². The summed E-state index contributed by atoms with van der Waals surface area (Å²) < 4.78 is 13.1. The molecule has 1 fully saturated rings. The van der Waals surface area contributed by atoms with Gasteiger partial charge in [0.2, 0.25) is 0 Å². The van der Waals surface area contributed by atoms with Gasteiger partial charge in [0.1, 0.15) is 12.3 Å². The summed E-state index contributed by atoms with van der Waals surface area (Å²) in [4.78, 5) is 25.2. The van der Waals surface area contributed by atoms with Crippen molar-refractivity contribution >= 4 is 20.1 Å². The van der Waals surface area contributed by atoms with Crippen LogP contribution < -0.4 is 12.4 Å². The summed E-state index contributed by atoms with van der Waals surface area (Å²) in [6, 6.07) is 10.2. The smallest absolute Gasteiger partial charge is 0.305 e. The minimum Gasteiger partial charge on any atom is -1.00 e. The van der Waals surface area contributed by atoms with E-state index in [0.29, 0.717) is 36.1 Å². The van der Waals surface area contributed by atoms with Gasteiger partial charge in [-0.3, -0.25) is 9.59 Å². The predicted octanol–water partition coefficient (Wildman–Crippen LogP) is 6.20. The van der Waals surface area contributed by atoms with E-state index in [1.54, 1.807) is 0 Å². The van der Waals surface area contributed by atoms with Crippen LogP contribution in [-0.2, 0) is 31.7 Å². The Kier molecular flexibility index (Phi) is 19.5. The van der Waals surface area contributed by atoms with Crippen LogP contribution in [0, 0.1) is 11.8 Å². The average Bonchev–Trinajstić information content (AvgIpc) is 3.28. The Morgan fingerprint density at radius 2 is 1.62 bits per heavy atom. The first kappa shape index (κ1) is 44.5. The molecule has 1 N–H and O–H groups in total. The van der Waals surface area contributed by atoms with E-state index in [2.05, 4.69) is 92.2 Å². The number of hydrogen-bond acceptors (Lipinski definition) is 5. The molecule has 1 aromatic rings. The number of methoxy groups -OCH3 is 1. The molecule has 276 valence electrons. The second-order valence-electron chi connectivity index (χ2n) is 16.3. The van der Waals surface area contributed by atoms with Crippen LogP contribution in [0.4, 0.5) is 0 Å². The van der Waals surface area contributed by atoms with Crippen molar-refractivity contribution in [3.63, 3.8) is 0 Å². The van der Waals surface area contributed by atoms with Gasteiger partial charge in [-0.1, -0.05) is 103 Å². The third kappa shape index (κ3) is 14.8. The highest BCUT2D eigenvalue weighted by atomic mass is 35.5. The number of carbonyl (C=O) groups is 2. The van der Waals surface area contributed by atoms with Gasteiger partial charge in [-0.15, -0.1) is 0 Å². The van der Waals surface area contributed by atoms with Crippen molar-refractivity contribution in [1.82, 2.24) is 0 Å². The number of quaternary nitrogens is 1. The van der Waals surface area contributed by atoms with Crippen LogP contribution in [0.5, 0.6) is 0 Å². The van der Waals surface area contributed by atoms with E-state index in [0.717, 1.165) is 74.9 Å². The van der Waals surface area contributed by atoms with Gasteiger partial charge in [-0.25, -0.2) is 0 Å². The lowest BCUT2D eigenvalue weighted by molar-refractivity contribution is -0.884. The highest BCUT2D eigenvalue weighted by Crippen LogP contribution is 2.44. The van der Waals surface area contributed by atoms with Crippen molar-refractivity contribution in [2.75, 3.05) is 28.3 Å². The average molecular weight is 709 g/mol. The molecule has 6 nitrogen and oxygen atoms in total. The standard InChI is InChI=1S/C40H70NO5Si.ClH/c1-11-12-26-40(6,44)27-17-19-36-35(18-15-13-14-16-20-39(43)45-10)37(42)29-38(36)46-47(31(2)3,32(4)5)28-25-33-21-23-34(24-22-33)30-41(7,8)9;/h17,19,21-24,31-32,35-36,38,44H,11-16,18,20,25-30H2,1-10H3;1H/q+1;/p-1/b19-17+;/t35-,36-,38-,40?;/m1./s1. The van der Waals surface area contributed by atoms with Crippen molar-refractivity contribution in [3.05, 3.63) is 47.5 Å². The van der Waals surface area contributed by atoms with Crippen LogP contribution in [-0.4, -0.2) is 69.6 Å². The number of ketones is 1. The zero-order chi connectivity index (χ0) is 35.3. The summed E-state index contributed by atoms with van der Waals surface area (Å²) in [5.74, 6) is 0.131. The number of unbranched alkanes of at least 4 members (excludes halogenated alkanes) is 4. The van der Waals surface area contributed by atoms with E-state index in [9.17, 15) is 14.7 Å². The molecule has 1 aliphatic carbocycles. The van der Waals surface area contributed by atoms with Crippen LogP contribution in [0.15, 0.2) is 36.4 Å². The second-order valence-corrected chi connectivity index (χ2v) is 21.3. The fraction of sp³-hybridized carbons (Fsp3) is 0.750. The molecule has 4 atom stereocenters. The van der Waals surface area contributed by atoms with Crippen molar-refractivity contribution in [2.45, 2.75) is 154 Å². The van der Waals surface area contributed by atoms with Crippen LogP contribution in [0.25, 0.3) is 0 Å². The SMILES string of the molecule is CCCCC(C)(O)C/C=C/[C@H]1[C@H](O[Si](CCc2ccc(C[N+](C)(C)C)cc2)(C(C)C)C(C)C)CC(=O)[C@@H]1CCCCCCC(=O)OC.[Cl-]. The quantitative estimate of drug-likeness (QED) is 0.0512. The maximum atomic E-state index is 13.7. The molecule has 0 saturated heterocycles. The summed E-state index contributed by atoms with van der Waals surface area (Å²) in [5.41, 5.74) is 2.81. The lowest BCUT2D eigenvalue weighted by Crippen LogP contribution is -3.00. The Labute approximate surface area is 301 Å². The molecule has 0 amide bonds. The molecule has 0 aliphatic heterocycles. The minimum absolute atomic E-state index is 0. The second kappa shape index (κ2) is 21.0. The summed E-state index contributed by atoms with van der Waals surface area (Å²) in [6.07, 6.45) is 14.2. The third-order valence-corrected chi connectivity index (χ3v) is 16.1. The first-order valence-electron chi connectivity index (χ1n) is 18.6. The molecule has 0 heterocycles. The number of aryl methyl sites for hydroxylation is 1. The fourth-order valence-electron chi connectivity index (χ4n) is 7.47. The predicted molar refractivity (Wildman–Crippen MR) is 198 cm³/mol. The third-order valence-electron chi connectivity index (χ3n) is 10.4. The van der Waals surface area contributed by atoms with Crippen LogP contribution in [0.2, 0.25) is 17.1 Å². The summed E-state index contributed by atoms with van der Waals surface area (Å²) in [7, 11) is 5.81. The Morgan fingerprint density at radius 1 is 1.02 bits per heavy atom. The number of carbonyl (C=O) groups excluding carboxylic acids is 2. The maximum absolute atomic E-state index is 13.7. The van der Waals surface area contributed by atoms with Crippen LogP contribution in [0.3, 0.4) is 0 Å². The van der Waals surface area contributed by atoms with Gasteiger partial charge in [-0.2, -0.15) is 0 Å². The Bertz CT molecular complexity index is 1100. The molecule has 1 unspecified atom stereocenters. The number of esters is 1. The van der Waals surface area contributed by atoms with Crippen LogP contribution >= 0.6 is 0 Å². The molecule has 0 bridgehead atoms. The molecule has 0 spiro atoms. The largest absolute Gasteiger partial charge is 1.00 e. The molecule has 1 saturated carbocycles. The molecule has 8 heteroatoms. The topological polar surface area (TPSA) is 72.8 Å². The zero-order valence-electron chi connectivity index (χ0n) is 32.2. The highest BCUT2D eigenvalue weighted by Gasteiger charge is 2.49. The van der Waals surface area contributed by atoms with Crippen molar-refractivity contribution in [3.8, 4) is 0 Å². The molecule has 1 aromatic carbocycles. The Hall–Kier alpha value is -1.51. The van der Waals surface area contributed by atoms with Gasteiger partial charge in [0.25, 0.3) is 0 Å². The zero-order valence-corrected chi connectivity index (χ0v) is 33.9. The van der Waals surface area contributed by atoms with Gasteiger partial charge in [0.15, 0.2) is 8.32 Å². The molecule has 0 aromatic heterocycles. The van der Waals surface area contributed by atoms with E-state index in [-0.39, 0.29) is 36.3 Å². The first-order chi connectivity index (χ1) is 22.0. The molecular weight excluding hydrogens is 638 g/mol. The van der Waals surface area contributed by atoms with Gasteiger partial charge in [0, 0.05) is 30.2 Å². The fourth-order valence-corrected chi connectivity index (χ4v) is 12.1. The van der Waals surface area contributed by atoms with Gasteiger partial charge < -0.3 is 31.2 Å². The van der Waals surface area contributed by atoms with Crippen molar-refractivity contribution in [2.24, 2.45) is 11.8 Å². The van der Waals surface area contributed by atoms with Crippen molar-refractivity contribution in [1.29, 1.82) is 0 Å². The Balaban J connectivity index is 0.0000115. The Morgan fingerprint density at radius 3 is 2.19 bits per heavy atom. The number of benzene rings is 1. The highest BCUT2D eigenvalue weighted by molar-refractivity contribution is 6.76. The molecule has 48 heavy (non-hydrogen) atoms. The normalized spacial score (nSPS) is 20.0. The monoisotopic (exact) mass is 707 g/mol. The van der Waals surface area contributed by atoms with Crippen LogP contribution in [0.1, 0.15) is 123 Å². The van der Waals surface area contributed by atoms with E-state index in [4.69, 9.17) is 9.16 Å². The van der Waals surface area contributed by atoms with Gasteiger partial charge in [-0.05, 0) is 61.7 Å².